The van der Waals surface area contributed by atoms with Gasteiger partial charge in [0.2, 0.25) is 0 Å². The van der Waals surface area contributed by atoms with Gasteiger partial charge in [-0.1, -0.05) is 18.2 Å². The van der Waals surface area contributed by atoms with Crippen molar-refractivity contribution in [2.24, 2.45) is 0 Å². The van der Waals surface area contributed by atoms with Gasteiger partial charge in [0.1, 0.15) is 0 Å². The van der Waals surface area contributed by atoms with Crippen LogP contribution in [0.4, 0.5) is 0 Å². The average Bonchev–Trinajstić information content (AvgIpc) is 3.88. The zero-order valence-corrected chi connectivity index (χ0v) is 35.0. The van der Waals surface area contributed by atoms with Crippen molar-refractivity contribution in [1.29, 1.82) is 0 Å². The third kappa shape index (κ3) is 5.03. The second-order valence-corrected chi connectivity index (χ2v) is 19.1. The molecule has 13 rings (SSSR count). The molecule has 0 nitrogen and oxygen atoms in total. The van der Waals surface area contributed by atoms with Crippen LogP contribution >= 0.6 is 11.3 Å². The molecular weight excluding hydrogens is 808 g/mol. The zero-order chi connectivity index (χ0) is 39.3. The van der Waals surface area contributed by atoms with Gasteiger partial charge >= 0.3 is 335 Å². The van der Waals surface area contributed by atoms with Gasteiger partial charge in [-0.15, -0.1) is 0 Å². The van der Waals surface area contributed by atoms with Gasteiger partial charge in [-0.2, -0.15) is 0 Å². The summed E-state index contributed by atoms with van der Waals surface area (Å²) < 4.78 is 5.59. The fourth-order valence-electron chi connectivity index (χ4n) is 10.1. The molecule has 0 unspecified atom stereocenters. The van der Waals surface area contributed by atoms with Gasteiger partial charge in [0, 0.05) is 0 Å². The van der Waals surface area contributed by atoms with E-state index in [2.05, 4.69) is 206 Å². The number of fused-ring (bicyclic) bond motifs is 10. The van der Waals surface area contributed by atoms with Gasteiger partial charge in [-0.25, -0.2) is 0 Å². The van der Waals surface area contributed by atoms with E-state index >= 15 is 0 Å². The van der Waals surface area contributed by atoms with Gasteiger partial charge in [-0.3, -0.25) is 0 Å². The normalized spacial score (nSPS) is 12.0. The Morgan fingerprint density at radius 3 is 1.28 bits per heavy atom. The summed E-state index contributed by atoms with van der Waals surface area (Å²) in [7, 11) is 0. The minimum atomic E-state index is 0.114. The van der Waals surface area contributed by atoms with Crippen molar-refractivity contribution >= 4 is 108 Å². The molecule has 0 N–H and O–H groups in total. The second kappa shape index (κ2) is 13.4. The van der Waals surface area contributed by atoms with Crippen LogP contribution in [0, 0.1) is 0 Å². The molecule has 0 amide bonds. The van der Waals surface area contributed by atoms with E-state index in [0.717, 1.165) is 0 Å². The molecule has 2 heterocycles. The summed E-state index contributed by atoms with van der Waals surface area (Å²) in [6.45, 7) is 0. The fraction of sp³-hybridized carbons (Fsp3) is 0. The molecule has 0 saturated carbocycles. The van der Waals surface area contributed by atoms with Gasteiger partial charge in [0.15, 0.2) is 0 Å². The van der Waals surface area contributed by atoms with Crippen molar-refractivity contribution in [3.8, 4) is 44.5 Å². The van der Waals surface area contributed by atoms with E-state index < -0.39 is 0 Å². The molecule has 2 aromatic heterocycles. The Hall–Kier alpha value is -6.80. The van der Waals surface area contributed by atoms with Crippen LogP contribution in [0.2, 0.25) is 0 Å². The van der Waals surface area contributed by atoms with Crippen LogP contribution in [0.3, 0.4) is 0 Å². The second-order valence-electron chi connectivity index (χ2n) is 15.9. The van der Waals surface area contributed by atoms with Crippen LogP contribution in [0.1, 0.15) is 0 Å². The van der Waals surface area contributed by atoms with Crippen LogP contribution in [0.5, 0.6) is 0 Å². The SMILES string of the molecule is c1ccc(-c2c3ccccc3c(-c3cccc4c3[se]c3cc(-c5c6ccccc6c(-c6ccc7c(c6)sc6ccccc67)c6ccccc56)ccc34)c3ccccc23)cc1. The molecule has 0 aliphatic carbocycles. The molecule has 2 heteroatoms. The van der Waals surface area contributed by atoms with Crippen molar-refractivity contribution in [3.63, 3.8) is 0 Å². The summed E-state index contributed by atoms with van der Waals surface area (Å²) >= 11 is 2.00. The Balaban J connectivity index is 1.03. The zero-order valence-electron chi connectivity index (χ0n) is 32.4. The Labute approximate surface area is 357 Å². The van der Waals surface area contributed by atoms with Crippen LogP contribution in [0.25, 0.3) is 127 Å². The quantitative estimate of drug-likeness (QED) is 0.122. The molecule has 0 fully saturated rings. The minimum absolute atomic E-state index is 0.114. The van der Waals surface area contributed by atoms with Gasteiger partial charge in [0.05, 0.1) is 0 Å². The van der Waals surface area contributed by atoms with Crippen molar-refractivity contribution in [2.75, 3.05) is 0 Å². The molecule has 0 bridgehead atoms. The van der Waals surface area contributed by atoms with Crippen molar-refractivity contribution < 1.29 is 0 Å². The summed E-state index contributed by atoms with van der Waals surface area (Å²) in [5, 5.41) is 15.8. The summed E-state index contributed by atoms with van der Waals surface area (Å²) in [6, 6.07) is 77.3. The first-order chi connectivity index (χ1) is 29.8. The summed E-state index contributed by atoms with van der Waals surface area (Å²) in [6.07, 6.45) is 0. The van der Waals surface area contributed by atoms with Crippen molar-refractivity contribution in [2.45, 2.75) is 0 Å². The first-order valence-corrected chi connectivity index (χ1v) is 23.1. The van der Waals surface area contributed by atoms with E-state index in [1.54, 1.807) is 0 Å². The molecule has 0 atom stereocenters. The molecular formula is C58H34SSe. The summed E-state index contributed by atoms with van der Waals surface area (Å²) in [5.74, 6) is 0. The Morgan fingerprint density at radius 1 is 0.267 bits per heavy atom. The third-order valence-corrected chi connectivity index (χ3v) is 16.3. The number of hydrogen-bond donors (Lipinski definition) is 0. The van der Waals surface area contributed by atoms with E-state index in [0.29, 0.717) is 0 Å². The predicted octanol–water partition coefficient (Wildman–Crippen LogP) is 16.7. The summed E-state index contributed by atoms with van der Waals surface area (Å²) in [4.78, 5) is 0. The molecule has 13 aromatic rings. The summed E-state index contributed by atoms with van der Waals surface area (Å²) in [5.41, 5.74) is 10.4. The number of benzene rings is 11. The number of hydrogen-bond acceptors (Lipinski definition) is 1. The van der Waals surface area contributed by atoms with E-state index in [4.69, 9.17) is 0 Å². The van der Waals surface area contributed by atoms with E-state index in [1.165, 1.54) is 127 Å². The Bertz CT molecular complexity index is 3770. The van der Waals surface area contributed by atoms with E-state index in [1.807, 2.05) is 11.3 Å². The van der Waals surface area contributed by atoms with Gasteiger partial charge in [-0.05, 0) is 6.07 Å². The van der Waals surface area contributed by atoms with Crippen LogP contribution in [-0.4, -0.2) is 14.5 Å². The monoisotopic (exact) mass is 842 g/mol. The first kappa shape index (κ1) is 34.1. The van der Waals surface area contributed by atoms with E-state index in [-0.39, 0.29) is 14.5 Å². The Kier molecular flexibility index (Phi) is 7.59. The van der Waals surface area contributed by atoms with Gasteiger partial charge < -0.3 is 0 Å². The molecule has 0 radical (unpaired) electrons. The molecule has 60 heavy (non-hydrogen) atoms. The molecule has 0 spiro atoms. The van der Waals surface area contributed by atoms with E-state index in [9.17, 15) is 0 Å². The van der Waals surface area contributed by atoms with Crippen LogP contribution in [-0.2, 0) is 0 Å². The fourth-order valence-corrected chi connectivity index (χ4v) is 13.9. The molecule has 11 aromatic carbocycles. The molecule has 278 valence electrons. The topological polar surface area (TPSA) is 0 Å². The number of thiophene rings is 1. The maximum absolute atomic E-state index is 2.52. The van der Waals surface area contributed by atoms with Crippen molar-refractivity contribution in [1.82, 2.24) is 0 Å². The standard InChI is InChI=1S/C58H34SSe/c1-2-15-35(16-3-1)54-45-22-8-10-24-47(45)57(48-25-11-9-23-46(48)54)50-27-14-26-49-40-32-30-37(34-53(40)60-58(49)50)56-43-20-6-4-18-41(43)55(42-19-5-7-21-44(42)56)36-29-31-39-38-17-12-13-28-51(38)59-52(39)33-36/h1-34H. The predicted molar refractivity (Wildman–Crippen MR) is 263 cm³/mol. The molecule has 0 aliphatic heterocycles. The van der Waals surface area contributed by atoms with Gasteiger partial charge in [0.25, 0.3) is 0 Å². The number of rotatable bonds is 4. The first-order valence-electron chi connectivity index (χ1n) is 20.6. The molecule has 0 saturated heterocycles. The van der Waals surface area contributed by atoms with Crippen molar-refractivity contribution in [3.05, 3.63) is 206 Å². The van der Waals surface area contributed by atoms with Crippen LogP contribution < -0.4 is 0 Å². The third-order valence-electron chi connectivity index (χ3n) is 12.6. The molecule has 0 aliphatic rings. The Morgan fingerprint density at radius 2 is 0.700 bits per heavy atom. The van der Waals surface area contributed by atoms with Crippen LogP contribution in [0.15, 0.2) is 206 Å². The average molecular weight is 842 g/mol. The maximum atomic E-state index is 2.52.